The molecule has 0 fully saturated rings. The van der Waals surface area contributed by atoms with E-state index in [1.165, 1.54) is 6.33 Å². The molecule has 0 radical (unpaired) electrons. The first-order valence-electron chi connectivity index (χ1n) is 5.17. The predicted octanol–water partition coefficient (Wildman–Crippen LogP) is 3.05. The summed E-state index contributed by atoms with van der Waals surface area (Å²) in [6, 6.07) is 8.14. The number of nitrogens with one attached hydrogen (secondary N) is 1. The number of nitrogens with zero attached hydrogens (tertiary/aromatic N) is 3. The van der Waals surface area contributed by atoms with E-state index in [1.54, 1.807) is 6.20 Å². The summed E-state index contributed by atoms with van der Waals surface area (Å²) in [5.74, 6) is 0.762. The molecule has 5 heteroatoms. The lowest BCUT2D eigenvalue weighted by molar-refractivity contribution is 1.13. The molecule has 0 amide bonds. The molecule has 4 nitrogen and oxygen atoms in total. The Morgan fingerprint density at radius 3 is 2.47 bits per heavy atom. The first kappa shape index (κ1) is 11.9. The fraction of sp³-hybridized carbons (Fsp3) is 0.167. The molecule has 1 heterocycles. The van der Waals surface area contributed by atoms with Crippen LogP contribution in [-0.4, -0.2) is 24.1 Å². The predicted molar refractivity (Wildman–Crippen MR) is 73.8 cm³/mol. The molecule has 88 valence electrons. The molecule has 2 aromatic rings. The van der Waals surface area contributed by atoms with Gasteiger partial charge in [0.25, 0.3) is 0 Å². The van der Waals surface area contributed by atoms with Gasteiger partial charge in [0.05, 0.1) is 4.47 Å². The molecule has 0 aliphatic carbocycles. The van der Waals surface area contributed by atoms with Crippen molar-refractivity contribution in [3.63, 3.8) is 0 Å². The van der Waals surface area contributed by atoms with Gasteiger partial charge in [-0.15, -0.1) is 0 Å². The van der Waals surface area contributed by atoms with Crippen molar-refractivity contribution in [3.8, 4) is 0 Å². The van der Waals surface area contributed by atoms with Crippen molar-refractivity contribution in [2.45, 2.75) is 0 Å². The molecule has 0 aliphatic heterocycles. The zero-order valence-electron chi connectivity index (χ0n) is 9.68. The molecule has 0 saturated heterocycles. The number of anilines is 3. The standard InChI is InChI=1S/C12H13BrN4/c1-17(2)10-5-3-9(4-6-10)16-12-11(13)7-14-8-15-12/h3-8H,1-2H3,(H,14,15,16). The van der Waals surface area contributed by atoms with Crippen LogP contribution in [0.2, 0.25) is 0 Å². The van der Waals surface area contributed by atoms with Crippen LogP contribution >= 0.6 is 15.9 Å². The highest BCUT2D eigenvalue weighted by Gasteiger charge is 2.01. The molecule has 0 unspecified atom stereocenters. The maximum Gasteiger partial charge on any atom is 0.148 e. The number of hydrogen-bond acceptors (Lipinski definition) is 4. The summed E-state index contributed by atoms with van der Waals surface area (Å²) in [7, 11) is 4.03. The van der Waals surface area contributed by atoms with Gasteiger partial charge in [-0.3, -0.25) is 0 Å². The largest absolute Gasteiger partial charge is 0.378 e. The van der Waals surface area contributed by atoms with Crippen LogP contribution in [0.4, 0.5) is 17.2 Å². The Balaban J connectivity index is 2.17. The summed E-state index contributed by atoms with van der Waals surface area (Å²) in [6.07, 6.45) is 3.23. The van der Waals surface area contributed by atoms with Crippen LogP contribution in [0.25, 0.3) is 0 Å². The second-order valence-electron chi connectivity index (χ2n) is 3.79. The van der Waals surface area contributed by atoms with Crippen LogP contribution in [0.3, 0.4) is 0 Å². The van der Waals surface area contributed by atoms with Crippen molar-refractivity contribution < 1.29 is 0 Å². The Hall–Kier alpha value is -1.62. The monoisotopic (exact) mass is 292 g/mol. The molecule has 1 N–H and O–H groups in total. The smallest absolute Gasteiger partial charge is 0.148 e. The zero-order chi connectivity index (χ0) is 12.3. The molecule has 17 heavy (non-hydrogen) atoms. The quantitative estimate of drug-likeness (QED) is 0.944. The van der Waals surface area contributed by atoms with E-state index in [4.69, 9.17) is 0 Å². The normalized spacial score (nSPS) is 10.1. The minimum atomic E-state index is 0.762. The molecular formula is C12H13BrN4. The number of aromatic nitrogens is 2. The highest BCUT2D eigenvalue weighted by atomic mass is 79.9. The van der Waals surface area contributed by atoms with Crippen molar-refractivity contribution in [2.24, 2.45) is 0 Å². The van der Waals surface area contributed by atoms with E-state index in [-0.39, 0.29) is 0 Å². The van der Waals surface area contributed by atoms with Gasteiger partial charge in [0.15, 0.2) is 0 Å². The number of benzene rings is 1. The second kappa shape index (κ2) is 5.14. The van der Waals surface area contributed by atoms with Crippen molar-refractivity contribution in [1.82, 2.24) is 9.97 Å². The van der Waals surface area contributed by atoms with Gasteiger partial charge < -0.3 is 10.2 Å². The summed E-state index contributed by atoms with van der Waals surface area (Å²) < 4.78 is 0.844. The second-order valence-corrected chi connectivity index (χ2v) is 4.64. The van der Waals surface area contributed by atoms with Crippen molar-refractivity contribution in [3.05, 3.63) is 41.3 Å². The van der Waals surface area contributed by atoms with Gasteiger partial charge in [-0.2, -0.15) is 0 Å². The maximum absolute atomic E-state index is 4.15. The zero-order valence-corrected chi connectivity index (χ0v) is 11.3. The third kappa shape index (κ3) is 2.94. The van der Waals surface area contributed by atoms with Crippen molar-refractivity contribution in [2.75, 3.05) is 24.3 Å². The SMILES string of the molecule is CN(C)c1ccc(Nc2ncncc2Br)cc1. The minimum Gasteiger partial charge on any atom is -0.378 e. The average Bonchev–Trinajstić information content (AvgIpc) is 2.33. The van der Waals surface area contributed by atoms with Crippen molar-refractivity contribution in [1.29, 1.82) is 0 Å². The summed E-state index contributed by atoms with van der Waals surface area (Å²) in [4.78, 5) is 10.1. The lowest BCUT2D eigenvalue weighted by Gasteiger charge is -2.13. The van der Waals surface area contributed by atoms with E-state index in [2.05, 4.69) is 48.2 Å². The molecule has 1 aromatic carbocycles. The van der Waals surface area contributed by atoms with Gasteiger partial charge >= 0.3 is 0 Å². The first-order valence-corrected chi connectivity index (χ1v) is 5.96. The first-order chi connectivity index (χ1) is 8.16. The molecule has 1 aromatic heterocycles. The van der Waals surface area contributed by atoms with Gasteiger partial charge in [0.2, 0.25) is 0 Å². The summed E-state index contributed by atoms with van der Waals surface area (Å²) in [5.41, 5.74) is 2.16. The van der Waals surface area contributed by atoms with Gasteiger partial charge in [-0.05, 0) is 40.2 Å². The van der Waals surface area contributed by atoms with E-state index in [1.807, 2.05) is 26.2 Å². The van der Waals surface area contributed by atoms with E-state index in [9.17, 15) is 0 Å². The van der Waals surface area contributed by atoms with Gasteiger partial charge in [0, 0.05) is 31.7 Å². The molecule has 0 bridgehead atoms. The fourth-order valence-corrected chi connectivity index (χ4v) is 1.70. The Morgan fingerprint density at radius 1 is 1.18 bits per heavy atom. The molecule has 0 spiro atoms. The topological polar surface area (TPSA) is 41.0 Å². The number of halogens is 1. The van der Waals surface area contributed by atoms with Crippen LogP contribution < -0.4 is 10.2 Å². The average molecular weight is 293 g/mol. The van der Waals surface area contributed by atoms with Crippen LogP contribution in [0.5, 0.6) is 0 Å². The molecular weight excluding hydrogens is 280 g/mol. The third-order valence-corrected chi connectivity index (χ3v) is 2.89. The molecule has 0 atom stereocenters. The highest BCUT2D eigenvalue weighted by Crippen LogP contribution is 2.23. The molecule has 0 aliphatic rings. The Labute approximate surface area is 109 Å². The minimum absolute atomic E-state index is 0.762. The van der Waals surface area contributed by atoms with Crippen LogP contribution in [0.1, 0.15) is 0 Å². The summed E-state index contributed by atoms with van der Waals surface area (Å²) in [6.45, 7) is 0. The lowest BCUT2D eigenvalue weighted by atomic mass is 10.2. The van der Waals surface area contributed by atoms with E-state index in [0.717, 1.165) is 21.7 Å². The fourth-order valence-electron chi connectivity index (χ4n) is 1.38. The van der Waals surface area contributed by atoms with Gasteiger partial charge in [0.1, 0.15) is 12.1 Å². The van der Waals surface area contributed by atoms with Crippen LogP contribution in [0.15, 0.2) is 41.3 Å². The van der Waals surface area contributed by atoms with E-state index >= 15 is 0 Å². The van der Waals surface area contributed by atoms with Crippen LogP contribution in [0, 0.1) is 0 Å². The third-order valence-electron chi connectivity index (χ3n) is 2.31. The van der Waals surface area contributed by atoms with Crippen molar-refractivity contribution >= 4 is 33.1 Å². The maximum atomic E-state index is 4.15. The number of rotatable bonds is 3. The Morgan fingerprint density at radius 2 is 1.88 bits per heavy atom. The summed E-state index contributed by atoms with van der Waals surface area (Å²) in [5, 5.41) is 3.22. The van der Waals surface area contributed by atoms with E-state index in [0.29, 0.717) is 0 Å². The Kier molecular flexibility index (Phi) is 3.58. The van der Waals surface area contributed by atoms with Crippen LogP contribution in [-0.2, 0) is 0 Å². The summed E-state index contributed by atoms with van der Waals surface area (Å²) >= 11 is 3.40. The highest BCUT2D eigenvalue weighted by molar-refractivity contribution is 9.10. The molecule has 2 rings (SSSR count). The molecule has 0 saturated carbocycles. The Bertz CT molecular complexity index is 496. The van der Waals surface area contributed by atoms with Gasteiger partial charge in [-0.25, -0.2) is 9.97 Å². The number of hydrogen-bond donors (Lipinski definition) is 1. The van der Waals surface area contributed by atoms with Gasteiger partial charge in [-0.1, -0.05) is 0 Å². The van der Waals surface area contributed by atoms with E-state index < -0.39 is 0 Å². The lowest BCUT2D eigenvalue weighted by Crippen LogP contribution is -2.08.